The monoisotopic (exact) mass is 278 g/mol. The number of H-pyrrole nitrogens is 1. The molecule has 104 valence electrons. The molecule has 0 bridgehead atoms. The lowest BCUT2D eigenvalue weighted by Crippen LogP contribution is -2.01. The zero-order valence-corrected chi connectivity index (χ0v) is 11.5. The van der Waals surface area contributed by atoms with Crippen LogP contribution in [0, 0.1) is 6.92 Å². The van der Waals surface area contributed by atoms with Crippen molar-refractivity contribution in [2.75, 3.05) is 0 Å². The van der Waals surface area contributed by atoms with Crippen LogP contribution in [0.3, 0.4) is 0 Å². The summed E-state index contributed by atoms with van der Waals surface area (Å²) < 4.78 is 0. The molecule has 2 N–H and O–H groups in total. The highest BCUT2D eigenvalue weighted by atomic mass is 16.4. The lowest BCUT2D eigenvalue weighted by molar-refractivity contribution is 0.0697. The first kappa shape index (κ1) is 13.1. The molecule has 0 saturated heterocycles. The molecule has 1 heterocycles. The van der Waals surface area contributed by atoms with Gasteiger partial charge >= 0.3 is 5.97 Å². The lowest BCUT2D eigenvalue weighted by Gasteiger charge is -2.07. The minimum Gasteiger partial charge on any atom is -0.478 e. The summed E-state index contributed by atoms with van der Waals surface area (Å²) in [6.45, 7) is 1.89. The molecule has 2 aromatic carbocycles. The fourth-order valence-corrected chi connectivity index (χ4v) is 2.41. The number of carboxylic acid groups (broad SMARTS) is 1. The second-order valence-electron chi connectivity index (χ2n) is 4.84. The van der Waals surface area contributed by atoms with Crippen LogP contribution in [-0.4, -0.2) is 21.3 Å². The van der Waals surface area contributed by atoms with Gasteiger partial charge in [-0.1, -0.05) is 42.5 Å². The summed E-state index contributed by atoms with van der Waals surface area (Å²) in [7, 11) is 0. The lowest BCUT2D eigenvalue weighted by atomic mass is 9.98. The maximum Gasteiger partial charge on any atom is 0.336 e. The number of carbonyl (C=O) groups is 1. The smallest absolute Gasteiger partial charge is 0.336 e. The topological polar surface area (TPSA) is 66.0 Å². The average Bonchev–Trinajstić information content (AvgIpc) is 2.97. The van der Waals surface area contributed by atoms with Crippen LogP contribution in [0.25, 0.3) is 22.5 Å². The molecule has 4 heteroatoms. The van der Waals surface area contributed by atoms with E-state index in [0.29, 0.717) is 11.3 Å². The van der Waals surface area contributed by atoms with E-state index >= 15 is 0 Å². The molecule has 3 aromatic rings. The molecular formula is C17H14N2O2. The highest BCUT2D eigenvalue weighted by Crippen LogP contribution is 2.29. The quantitative estimate of drug-likeness (QED) is 0.766. The van der Waals surface area contributed by atoms with E-state index in [1.807, 2.05) is 49.4 Å². The normalized spacial score (nSPS) is 10.5. The fraction of sp³-hybridized carbons (Fsp3) is 0.0588. The van der Waals surface area contributed by atoms with Gasteiger partial charge in [0.15, 0.2) is 0 Å². The van der Waals surface area contributed by atoms with Gasteiger partial charge in [0, 0.05) is 11.1 Å². The molecular weight excluding hydrogens is 264 g/mol. The van der Waals surface area contributed by atoms with Crippen molar-refractivity contribution in [2.45, 2.75) is 6.92 Å². The minimum absolute atomic E-state index is 0.276. The summed E-state index contributed by atoms with van der Waals surface area (Å²) >= 11 is 0. The first-order chi connectivity index (χ1) is 10.2. The summed E-state index contributed by atoms with van der Waals surface area (Å²) in [6.07, 6.45) is 0. The van der Waals surface area contributed by atoms with Crippen molar-refractivity contribution in [1.29, 1.82) is 0 Å². The number of aromatic carboxylic acids is 1. The molecule has 0 atom stereocenters. The van der Waals surface area contributed by atoms with E-state index in [4.69, 9.17) is 0 Å². The Balaban J connectivity index is 2.11. The van der Waals surface area contributed by atoms with Crippen molar-refractivity contribution in [3.63, 3.8) is 0 Å². The predicted molar refractivity (Wildman–Crippen MR) is 81.2 cm³/mol. The molecule has 0 unspecified atom stereocenters. The molecule has 1 aromatic heterocycles. The van der Waals surface area contributed by atoms with Crippen LogP contribution in [0.15, 0.2) is 54.6 Å². The summed E-state index contributed by atoms with van der Waals surface area (Å²) in [5.74, 6) is -0.940. The third kappa shape index (κ3) is 2.43. The van der Waals surface area contributed by atoms with Gasteiger partial charge in [-0.05, 0) is 24.6 Å². The van der Waals surface area contributed by atoms with Crippen LogP contribution in [0.1, 0.15) is 15.9 Å². The van der Waals surface area contributed by atoms with Crippen molar-refractivity contribution in [2.24, 2.45) is 0 Å². The highest BCUT2D eigenvalue weighted by molar-refractivity contribution is 5.96. The van der Waals surface area contributed by atoms with Crippen molar-refractivity contribution in [1.82, 2.24) is 10.2 Å². The summed E-state index contributed by atoms with van der Waals surface area (Å²) in [6, 6.07) is 16.9. The van der Waals surface area contributed by atoms with E-state index in [9.17, 15) is 9.90 Å². The van der Waals surface area contributed by atoms with Gasteiger partial charge in [0.1, 0.15) is 0 Å². The average molecular weight is 278 g/mol. The van der Waals surface area contributed by atoms with Crippen molar-refractivity contribution >= 4 is 5.97 Å². The fourth-order valence-electron chi connectivity index (χ4n) is 2.41. The number of rotatable bonds is 3. The van der Waals surface area contributed by atoms with Crippen LogP contribution >= 0.6 is 0 Å². The Labute approximate surface area is 122 Å². The van der Waals surface area contributed by atoms with Gasteiger partial charge in [-0.3, -0.25) is 5.10 Å². The van der Waals surface area contributed by atoms with Crippen molar-refractivity contribution in [3.05, 3.63) is 65.7 Å². The third-order valence-electron chi connectivity index (χ3n) is 3.42. The van der Waals surface area contributed by atoms with Crippen LogP contribution in [-0.2, 0) is 0 Å². The molecule has 3 rings (SSSR count). The van der Waals surface area contributed by atoms with E-state index < -0.39 is 5.97 Å². The Kier molecular flexibility index (Phi) is 3.28. The van der Waals surface area contributed by atoms with E-state index in [2.05, 4.69) is 10.2 Å². The Morgan fingerprint density at radius 3 is 2.57 bits per heavy atom. The number of aryl methyl sites for hydroxylation is 1. The van der Waals surface area contributed by atoms with Crippen LogP contribution in [0.5, 0.6) is 0 Å². The zero-order valence-electron chi connectivity index (χ0n) is 11.5. The molecule has 0 aliphatic carbocycles. The van der Waals surface area contributed by atoms with Crippen molar-refractivity contribution < 1.29 is 9.90 Å². The minimum atomic E-state index is -0.940. The van der Waals surface area contributed by atoms with Crippen molar-refractivity contribution in [3.8, 4) is 22.5 Å². The van der Waals surface area contributed by atoms with Crippen LogP contribution in [0.2, 0.25) is 0 Å². The summed E-state index contributed by atoms with van der Waals surface area (Å²) in [5.41, 5.74) is 4.36. The number of aromatic amines is 1. The molecule has 0 aliphatic heterocycles. The van der Waals surface area contributed by atoms with E-state index in [0.717, 1.165) is 16.8 Å². The molecule has 4 nitrogen and oxygen atoms in total. The standard InChI is InChI=1S/C17H14N2O2/c1-11-6-5-9-13(17(20)21)16(11)15-10-14(18-19-15)12-7-3-2-4-8-12/h2-10H,1H3,(H,18,19)(H,20,21). The molecule has 0 saturated carbocycles. The third-order valence-corrected chi connectivity index (χ3v) is 3.42. The second kappa shape index (κ2) is 5.25. The van der Waals surface area contributed by atoms with E-state index in [1.165, 1.54) is 0 Å². The van der Waals surface area contributed by atoms with Gasteiger partial charge in [0.2, 0.25) is 0 Å². The van der Waals surface area contributed by atoms with Gasteiger partial charge < -0.3 is 5.11 Å². The largest absolute Gasteiger partial charge is 0.478 e. The molecule has 21 heavy (non-hydrogen) atoms. The van der Waals surface area contributed by atoms with Gasteiger partial charge in [0.05, 0.1) is 17.0 Å². The van der Waals surface area contributed by atoms with E-state index in [-0.39, 0.29) is 5.56 Å². The number of hydrogen-bond acceptors (Lipinski definition) is 2. The number of benzene rings is 2. The number of carboxylic acids is 1. The first-order valence-electron chi connectivity index (χ1n) is 6.61. The first-order valence-corrected chi connectivity index (χ1v) is 6.61. The molecule has 0 aliphatic rings. The Hall–Kier alpha value is -2.88. The summed E-state index contributed by atoms with van der Waals surface area (Å²) in [5, 5.41) is 16.6. The Morgan fingerprint density at radius 2 is 1.86 bits per heavy atom. The SMILES string of the molecule is Cc1cccc(C(=O)O)c1-c1cc(-c2ccccc2)n[nH]1. The van der Waals surface area contributed by atoms with Gasteiger partial charge in [-0.25, -0.2) is 4.79 Å². The number of aromatic nitrogens is 2. The predicted octanol–water partition coefficient (Wildman–Crippen LogP) is 3.75. The Morgan fingerprint density at radius 1 is 1.10 bits per heavy atom. The van der Waals surface area contributed by atoms with Crippen LogP contribution in [0.4, 0.5) is 0 Å². The van der Waals surface area contributed by atoms with Gasteiger partial charge in [0.25, 0.3) is 0 Å². The molecule has 0 radical (unpaired) electrons. The van der Waals surface area contributed by atoms with Gasteiger partial charge in [-0.2, -0.15) is 5.10 Å². The number of nitrogens with one attached hydrogen (secondary N) is 1. The van der Waals surface area contributed by atoms with Gasteiger partial charge in [-0.15, -0.1) is 0 Å². The number of nitrogens with zero attached hydrogens (tertiary/aromatic N) is 1. The molecule has 0 fully saturated rings. The summed E-state index contributed by atoms with van der Waals surface area (Å²) in [4.78, 5) is 11.4. The molecule has 0 amide bonds. The van der Waals surface area contributed by atoms with E-state index in [1.54, 1.807) is 12.1 Å². The maximum absolute atomic E-state index is 11.4. The highest BCUT2D eigenvalue weighted by Gasteiger charge is 2.16. The second-order valence-corrected chi connectivity index (χ2v) is 4.84. The number of hydrogen-bond donors (Lipinski definition) is 2. The zero-order chi connectivity index (χ0) is 14.8. The molecule has 0 spiro atoms. The Bertz CT molecular complexity index is 792. The van der Waals surface area contributed by atoms with Crippen LogP contribution < -0.4 is 0 Å². The maximum atomic E-state index is 11.4.